The van der Waals surface area contributed by atoms with Gasteiger partial charge in [-0.25, -0.2) is 0 Å². The molecule has 0 saturated heterocycles. The molecule has 0 N–H and O–H groups in total. The van der Waals surface area contributed by atoms with Crippen molar-refractivity contribution in [1.82, 2.24) is 14.8 Å². The summed E-state index contributed by atoms with van der Waals surface area (Å²) in [6.07, 6.45) is 3.55. The van der Waals surface area contributed by atoms with Gasteiger partial charge in [-0.15, -0.1) is 10.2 Å². The van der Waals surface area contributed by atoms with E-state index in [9.17, 15) is 0 Å². The van der Waals surface area contributed by atoms with Crippen molar-refractivity contribution >= 4 is 17.3 Å². The molecule has 0 saturated carbocycles. The number of hydrogen-bond donors (Lipinski definition) is 0. The summed E-state index contributed by atoms with van der Waals surface area (Å²) >= 11 is 6.33. The van der Waals surface area contributed by atoms with Crippen LogP contribution < -0.4 is 4.90 Å². The minimum atomic E-state index is 0.435. The van der Waals surface area contributed by atoms with Crippen LogP contribution in [-0.4, -0.2) is 21.3 Å². The lowest BCUT2D eigenvalue weighted by Crippen LogP contribution is -2.22. The molecule has 0 amide bonds. The van der Waals surface area contributed by atoms with Crippen LogP contribution in [-0.2, 0) is 13.1 Å². The van der Waals surface area contributed by atoms with Crippen LogP contribution in [0.5, 0.6) is 0 Å². The van der Waals surface area contributed by atoms with E-state index in [1.54, 1.807) is 12.7 Å². The fourth-order valence-corrected chi connectivity index (χ4v) is 3.49. The van der Waals surface area contributed by atoms with Crippen molar-refractivity contribution in [1.29, 1.82) is 0 Å². The van der Waals surface area contributed by atoms with E-state index in [1.807, 2.05) is 22.8 Å². The van der Waals surface area contributed by atoms with Gasteiger partial charge in [0, 0.05) is 36.3 Å². The van der Waals surface area contributed by atoms with Gasteiger partial charge in [0.25, 0.3) is 0 Å². The molecule has 0 radical (unpaired) electrons. The number of aromatic nitrogens is 3. The third-order valence-electron chi connectivity index (χ3n) is 4.37. The molecule has 4 rings (SSSR count). The Morgan fingerprint density at radius 1 is 1.00 bits per heavy atom. The summed E-state index contributed by atoms with van der Waals surface area (Å²) < 4.78 is 2.04. The van der Waals surface area contributed by atoms with Crippen molar-refractivity contribution < 1.29 is 0 Å². The summed E-state index contributed by atoms with van der Waals surface area (Å²) in [5.74, 6) is 0.435. The van der Waals surface area contributed by atoms with Crippen molar-refractivity contribution in [3.63, 3.8) is 0 Å². The predicted molar refractivity (Wildman–Crippen MR) is 91.7 cm³/mol. The van der Waals surface area contributed by atoms with Crippen LogP contribution in [0.2, 0.25) is 5.02 Å². The first-order chi connectivity index (χ1) is 11.3. The van der Waals surface area contributed by atoms with Gasteiger partial charge in [-0.2, -0.15) is 0 Å². The van der Waals surface area contributed by atoms with E-state index in [0.29, 0.717) is 5.92 Å². The minimum absolute atomic E-state index is 0.435. The van der Waals surface area contributed by atoms with E-state index >= 15 is 0 Å². The van der Waals surface area contributed by atoms with Crippen LogP contribution in [0, 0.1) is 0 Å². The maximum absolute atomic E-state index is 6.33. The van der Waals surface area contributed by atoms with E-state index in [2.05, 4.69) is 45.4 Å². The van der Waals surface area contributed by atoms with Crippen LogP contribution in [0.3, 0.4) is 0 Å². The van der Waals surface area contributed by atoms with Gasteiger partial charge in [-0.3, -0.25) is 0 Å². The largest absolute Gasteiger partial charge is 0.366 e. The third kappa shape index (κ3) is 2.82. The van der Waals surface area contributed by atoms with Crippen molar-refractivity contribution in [3.8, 4) is 0 Å². The molecule has 0 bridgehead atoms. The van der Waals surface area contributed by atoms with Crippen molar-refractivity contribution in [2.24, 2.45) is 0 Å². The molecule has 23 heavy (non-hydrogen) atoms. The van der Waals surface area contributed by atoms with Crippen LogP contribution >= 0.6 is 11.6 Å². The normalized spacial score (nSPS) is 16.6. The molecule has 0 aliphatic carbocycles. The Morgan fingerprint density at radius 2 is 1.74 bits per heavy atom. The summed E-state index contributed by atoms with van der Waals surface area (Å²) in [5.41, 5.74) is 3.84. The van der Waals surface area contributed by atoms with Gasteiger partial charge in [0.05, 0.1) is 0 Å². The maximum Gasteiger partial charge on any atom is 0.119 e. The van der Waals surface area contributed by atoms with Crippen molar-refractivity contribution in [2.75, 3.05) is 11.4 Å². The lowest BCUT2D eigenvalue weighted by molar-refractivity contribution is 0.571. The molecule has 2 heterocycles. The van der Waals surface area contributed by atoms with Gasteiger partial charge < -0.3 is 9.47 Å². The molecule has 0 fully saturated rings. The van der Waals surface area contributed by atoms with Crippen LogP contribution in [0.15, 0.2) is 61.2 Å². The molecule has 3 aromatic rings. The number of hydrogen-bond acceptors (Lipinski definition) is 3. The number of rotatable bonds is 4. The van der Waals surface area contributed by atoms with Crippen LogP contribution in [0.1, 0.15) is 17.0 Å². The standard InChI is InChI=1S/C18H17ClN4/c19-17-7-3-1-5-14(17)10-23-11-15(9-22-12-20-21-13-22)16-6-2-4-8-18(16)23/h1-8,12-13,15H,9-11H2. The first-order valence-corrected chi connectivity index (χ1v) is 8.09. The smallest absolute Gasteiger partial charge is 0.119 e. The lowest BCUT2D eigenvalue weighted by Gasteiger charge is -2.21. The molecule has 1 aliphatic rings. The van der Waals surface area contributed by atoms with E-state index < -0.39 is 0 Å². The second-order valence-electron chi connectivity index (χ2n) is 5.89. The zero-order chi connectivity index (χ0) is 15.6. The molecule has 4 nitrogen and oxygen atoms in total. The first-order valence-electron chi connectivity index (χ1n) is 7.71. The Bertz CT molecular complexity index is 800. The zero-order valence-corrected chi connectivity index (χ0v) is 13.4. The van der Waals surface area contributed by atoms with E-state index in [-0.39, 0.29) is 0 Å². The topological polar surface area (TPSA) is 34.0 Å². The van der Waals surface area contributed by atoms with E-state index in [4.69, 9.17) is 11.6 Å². The molecule has 116 valence electrons. The molecule has 0 spiro atoms. The summed E-state index contributed by atoms with van der Waals surface area (Å²) in [4.78, 5) is 2.41. The average molecular weight is 325 g/mol. The van der Waals surface area contributed by atoms with E-state index in [1.165, 1.54) is 11.3 Å². The quantitative estimate of drug-likeness (QED) is 0.733. The Hall–Kier alpha value is -2.33. The Labute approximate surface area is 140 Å². The summed E-state index contributed by atoms with van der Waals surface area (Å²) in [6.45, 7) is 2.70. The summed E-state index contributed by atoms with van der Waals surface area (Å²) in [5, 5.41) is 8.63. The van der Waals surface area contributed by atoms with Gasteiger partial charge in [0.15, 0.2) is 0 Å². The fraction of sp³-hybridized carbons (Fsp3) is 0.222. The monoisotopic (exact) mass is 324 g/mol. The highest BCUT2D eigenvalue weighted by Crippen LogP contribution is 2.38. The molecule has 1 aromatic heterocycles. The highest BCUT2D eigenvalue weighted by atomic mass is 35.5. The lowest BCUT2D eigenvalue weighted by atomic mass is 10.0. The number of anilines is 1. The Morgan fingerprint density at radius 3 is 2.57 bits per heavy atom. The fourth-order valence-electron chi connectivity index (χ4n) is 3.29. The Balaban J connectivity index is 1.61. The Kier molecular flexibility index (Phi) is 3.75. The molecule has 1 aliphatic heterocycles. The second kappa shape index (κ2) is 6.05. The number of nitrogens with zero attached hydrogens (tertiary/aromatic N) is 4. The highest BCUT2D eigenvalue weighted by molar-refractivity contribution is 6.31. The molecule has 5 heteroatoms. The minimum Gasteiger partial charge on any atom is -0.366 e. The molecule has 1 unspecified atom stereocenters. The molecular formula is C18H17ClN4. The average Bonchev–Trinajstić information content (AvgIpc) is 3.19. The predicted octanol–water partition coefficient (Wildman–Crippen LogP) is 3.74. The number of para-hydroxylation sites is 1. The second-order valence-corrected chi connectivity index (χ2v) is 6.29. The van der Waals surface area contributed by atoms with Gasteiger partial charge in [0.2, 0.25) is 0 Å². The first kappa shape index (κ1) is 14.3. The van der Waals surface area contributed by atoms with Gasteiger partial charge in [-0.1, -0.05) is 48.0 Å². The highest BCUT2D eigenvalue weighted by Gasteiger charge is 2.28. The molecule has 2 aromatic carbocycles. The summed E-state index contributed by atoms with van der Waals surface area (Å²) in [7, 11) is 0. The molecular weight excluding hydrogens is 308 g/mol. The molecule has 1 atom stereocenters. The maximum atomic E-state index is 6.33. The number of benzene rings is 2. The van der Waals surface area contributed by atoms with Crippen molar-refractivity contribution in [3.05, 3.63) is 77.3 Å². The number of fused-ring (bicyclic) bond motifs is 1. The zero-order valence-electron chi connectivity index (χ0n) is 12.6. The van der Waals surface area contributed by atoms with Crippen LogP contribution in [0.25, 0.3) is 0 Å². The van der Waals surface area contributed by atoms with Gasteiger partial charge in [0.1, 0.15) is 12.7 Å². The summed E-state index contributed by atoms with van der Waals surface area (Å²) in [6, 6.07) is 16.7. The number of halogens is 1. The van der Waals surface area contributed by atoms with Crippen LogP contribution in [0.4, 0.5) is 5.69 Å². The van der Waals surface area contributed by atoms with Gasteiger partial charge in [-0.05, 0) is 23.3 Å². The SMILES string of the molecule is Clc1ccccc1CN1CC(Cn2cnnc2)c2ccccc21. The third-order valence-corrected chi connectivity index (χ3v) is 4.74. The van der Waals surface area contributed by atoms with E-state index in [0.717, 1.165) is 30.2 Å². The van der Waals surface area contributed by atoms with Gasteiger partial charge >= 0.3 is 0 Å². The van der Waals surface area contributed by atoms with Crippen molar-refractivity contribution in [2.45, 2.75) is 19.0 Å².